The Morgan fingerprint density at radius 3 is 2.24 bits per heavy atom. The van der Waals surface area contributed by atoms with Gasteiger partial charge >= 0.3 is 5.97 Å². The minimum absolute atomic E-state index is 0.145. The van der Waals surface area contributed by atoms with Crippen LogP contribution in [0.3, 0.4) is 0 Å². The second kappa shape index (κ2) is 11.0. The van der Waals surface area contributed by atoms with Crippen LogP contribution < -0.4 is 10.2 Å². The zero-order valence-electron chi connectivity index (χ0n) is 23.3. The summed E-state index contributed by atoms with van der Waals surface area (Å²) >= 11 is 0. The van der Waals surface area contributed by atoms with Gasteiger partial charge in [0, 0.05) is 5.69 Å². The Morgan fingerprint density at radius 2 is 1.54 bits per heavy atom. The SMILES string of the molecule is CCc1cccc(CC)c1NC(=O)COC(=O)c1cccc(N2C(=O)[C@@H]3[C@@H]4C[C@@H]([C@@H]3C2=O)[C@@H](c2ccccc2)C4)c1. The number of amides is 3. The molecule has 5 atom stereocenters. The maximum absolute atomic E-state index is 13.7. The highest BCUT2D eigenvalue weighted by atomic mass is 16.5. The molecule has 1 heterocycles. The predicted molar refractivity (Wildman–Crippen MR) is 155 cm³/mol. The summed E-state index contributed by atoms with van der Waals surface area (Å²) in [5, 5.41) is 2.89. The molecular weight excluding hydrogens is 516 g/mol. The summed E-state index contributed by atoms with van der Waals surface area (Å²) in [6.07, 6.45) is 3.34. The third kappa shape index (κ3) is 4.73. The molecule has 0 radical (unpaired) electrons. The van der Waals surface area contributed by atoms with Crippen molar-refractivity contribution in [2.75, 3.05) is 16.8 Å². The molecule has 3 aliphatic rings. The standard InChI is InChI=1S/C34H34N2O5/c1-3-20-12-8-13-21(4-2)31(20)35-28(37)19-41-34(40)23-14-9-15-25(16-23)36-32(38)29-24-17-26(22-10-6-5-7-11-22)27(18-24)30(29)33(36)39/h5-16,24,26-27,29-30H,3-4,17-19H2,1-2H3,(H,35,37)/t24-,26+,27+,29+,30-/m0/s1. The number of hydrogen-bond acceptors (Lipinski definition) is 5. The van der Waals surface area contributed by atoms with Crippen LogP contribution in [0.4, 0.5) is 11.4 Å². The fraction of sp³-hybridized carbons (Fsp3) is 0.353. The van der Waals surface area contributed by atoms with E-state index in [0.717, 1.165) is 42.5 Å². The molecule has 3 fully saturated rings. The normalized spacial score (nSPS) is 24.4. The molecule has 0 spiro atoms. The van der Waals surface area contributed by atoms with Crippen molar-refractivity contribution in [2.24, 2.45) is 23.7 Å². The van der Waals surface area contributed by atoms with Crippen molar-refractivity contribution in [3.8, 4) is 0 Å². The number of rotatable bonds is 8. The van der Waals surface area contributed by atoms with E-state index in [4.69, 9.17) is 4.74 Å². The lowest BCUT2D eigenvalue weighted by atomic mass is 9.73. The van der Waals surface area contributed by atoms with E-state index in [1.807, 2.05) is 50.2 Å². The van der Waals surface area contributed by atoms with Gasteiger partial charge in [0.05, 0.1) is 23.1 Å². The number of benzene rings is 3. The fourth-order valence-electron chi connectivity index (χ4n) is 7.36. The smallest absolute Gasteiger partial charge is 0.338 e. The van der Waals surface area contributed by atoms with E-state index in [0.29, 0.717) is 5.69 Å². The number of nitrogens with one attached hydrogen (secondary N) is 1. The van der Waals surface area contributed by atoms with Gasteiger partial charge in [-0.1, -0.05) is 68.4 Å². The molecule has 7 nitrogen and oxygen atoms in total. The molecule has 3 aromatic carbocycles. The van der Waals surface area contributed by atoms with Crippen molar-refractivity contribution >= 4 is 35.1 Å². The number of imide groups is 1. The Balaban J connectivity index is 1.14. The molecule has 3 aromatic rings. The zero-order chi connectivity index (χ0) is 28.7. The van der Waals surface area contributed by atoms with Gasteiger partial charge in [-0.3, -0.25) is 19.3 Å². The number of carbonyl (C=O) groups excluding carboxylic acids is 4. The molecule has 6 rings (SSSR count). The Morgan fingerprint density at radius 1 is 0.854 bits per heavy atom. The molecule has 0 aromatic heterocycles. The summed E-state index contributed by atoms with van der Waals surface area (Å²) in [5.74, 6) is -1.48. The average molecular weight is 551 g/mol. The number of anilines is 2. The van der Waals surface area contributed by atoms with Gasteiger partial charge in [0.1, 0.15) is 0 Å². The first-order valence-corrected chi connectivity index (χ1v) is 14.5. The number of ether oxygens (including phenoxy) is 1. The van der Waals surface area contributed by atoms with Gasteiger partial charge in [0.15, 0.2) is 6.61 Å². The van der Waals surface area contributed by atoms with Crippen molar-refractivity contribution < 1.29 is 23.9 Å². The van der Waals surface area contributed by atoms with Crippen LogP contribution in [0.5, 0.6) is 0 Å². The molecule has 7 heteroatoms. The number of fused-ring (bicyclic) bond motifs is 5. The number of para-hydroxylation sites is 1. The maximum Gasteiger partial charge on any atom is 0.338 e. The van der Waals surface area contributed by atoms with Crippen molar-refractivity contribution in [1.82, 2.24) is 0 Å². The first-order chi connectivity index (χ1) is 19.9. The lowest BCUT2D eigenvalue weighted by Gasteiger charge is -2.28. The van der Waals surface area contributed by atoms with E-state index in [2.05, 4.69) is 17.4 Å². The summed E-state index contributed by atoms with van der Waals surface area (Å²) in [5.41, 5.74) is 4.58. The van der Waals surface area contributed by atoms with Gasteiger partial charge in [-0.2, -0.15) is 0 Å². The monoisotopic (exact) mass is 550 g/mol. The Hall–Kier alpha value is -4.26. The third-order valence-corrected chi connectivity index (χ3v) is 9.18. The molecule has 0 unspecified atom stereocenters. The largest absolute Gasteiger partial charge is 0.452 e. The van der Waals surface area contributed by atoms with Crippen LogP contribution in [-0.4, -0.2) is 30.3 Å². The number of esters is 1. The molecule has 1 saturated heterocycles. The first kappa shape index (κ1) is 26.9. The van der Waals surface area contributed by atoms with E-state index in [1.54, 1.807) is 18.2 Å². The lowest BCUT2D eigenvalue weighted by Crippen LogP contribution is -2.33. The van der Waals surface area contributed by atoms with E-state index >= 15 is 0 Å². The van der Waals surface area contributed by atoms with Crippen LogP contribution in [0.1, 0.15) is 59.7 Å². The van der Waals surface area contributed by atoms with Gasteiger partial charge in [-0.05, 0) is 78.3 Å². The predicted octanol–water partition coefficient (Wildman–Crippen LogP) is 5.54. The maximum atomic E-state index is 13.7. The molecule has 2 bridgehead atoms. The van der Waals surface area contributed by atoms with Gasteiger partial charge < -0.3 is 10.1 Å². The van der Waals surface area contributed by atoms with Crippen LogP contribution in [0, 0.1) is 23.7 Å². The number of carbonyl (C=O) groups is 4. The topological polar surface area (TPSA) is 92.8 Å². The van der Waals surface area contributed by atoms with E-state index < -0.39 is 18.5 Å². The first-order valence-electron chi connectivity index (χ1n) is 14.5. The van der Waals surface area contributed by atoms with E-state index in [1.165, 1.54) is 16.5 Å². The summed E-state index contributed by atoms with van der Waals surface area (Å²) in [7, 11) is 0. The molecule has 210 valence electrons. The second-order valence-corrected chi connectivity index (χ2v) is 11.3. The molecule has 1 aliphatic heterocycles. The van der Waals surface area contributed by atoms with Crippen LogP contribution in [-0.2, 0) is 32.0 Å². The molecule has 1 N–H and O–H groups in total. The van der Waals surface area contributed by atoms with Gasteiger partial charge in [0.25, 0.3) is 5.91 Å². The highest BCUT2D eigenvalue weighted by molar-refractivity contribution is 6.23. The average Bonchev–Trinajstić information content (AvgIpc) is 3.67. The highest BCUT2D eigenvalue weighted by Crippen LogP contribution is 2.61. The van der Waals surface area contributed by atoms with E-state index in [-0.39, 0.29) is 47.0 Å². The van der Waals surface area contributed by atoms with Gasteiger partial charge in [-0.25, -0.2) is 4.79 Å². The third-order valence-electron chi connectivity index (χ3n) is 9.18. The lowest BCUT2D eigenvalue weighted by molar-refractivity contribution is -0.123. The van der Waals surface area contributed by atoms with Crippen LogP contribution in [0.25, 0.3) is 0 Å². The Bertz CT molecular complexity index is 1490. The van der Waals surface area contributed by atoms with Crippen LogP contribution in [0.15, 0.2) is 72.8 Å². The Labute approximate surface area is 239 Å². The molecular formula is C34H34N2O5. The second-order valence-electron chi connectivity index (χ2n) is 11.3. The van der Waals surface area contributed by atoms with Gasteiger partial charge in [0.2, 0.25) is 11.8 Å². The fourth-order valence-corrected chi connectivity index (χ4v) is 7.36. The molecule has 2 aliphatic carbocycles. The highest BCUT2D eigenvalue weighted by Gasteiger charge is 2.64. The number of aryl methyl sites for hydroxylation is 2. The number of hydrogen-bond donors (Lipinski definition) is 1. The molecule has 3 amide bonds. The minimum atomic E-state index is -0.690. The zero-order valence-corrected chi connectivity index (χ0v) is 23.3. The van der Waals surface area contributed by atoms with Crippen molar-refractivity contribution in [3.63, 3.8) is 0 Å². The van der Waals surface area contributed by atoms with E-state index in [9.17, 15) is 19.2 Å². The molecule has 2 saturated carbocycles. The summed E-state index contributed by atoms with van der Waals surface area (Å²) in [6, 6.07) is 22.5. The summed E-state index contributed by atoms with van der Waals surface area (Å²) in [6.45, 7) is 3.60. The van der Waals surface area contributed by atoms with Crippen molar-refractivity contribution in [1.29, 1.82) is 0 Å². The minimum Gasteiger partial charge on any atom is -0.452 e. The summed E-state index contributed by atoms with van der Waals surface area (Å²) in [4.78, 5) is 54.0. The van der Waals surface area contributed by atoms with Crippen LogP contribution in [0.2, 0.25) is 0 Å². The molecule has 41 heavy (non-hydrogen) atoms. The van der Waals surface area contributed by atoms with Crippen molar-refractivity contribution in [3.05, 3.63) is 95.1 Å². The Kier molecular flexibility index (Phi) is 7.20. The van der Waals surface area contributed by atoms with Crippen molar-refractivity contribution in [2.45, 2.75) is 45.4 Å². The quantitative estimate of drug-likeness (QED) is 0.294. The van der Waals surface area contributed by atoms with Crippen LogP contribution >= 0.6 is 0 Å². The van der Waals surface area contributed by atoms with Gasteiger partial charge in [-0.15, -0.1) is 0 Å². The summed E-state index contributed by atoms with van der Waals surface area (Å²) < 4.78 is 5.32. The number of nitrogens with zero attached hydrogens (tertiary/aromatic N) is 1.